The smallest absolute Gasteiger partial charge is 0.416 e. The lowest BCUT2D eigenvalue weighted by Gasteiger charge is -2.62. The second-order valence-electron chi connectivity index (χ2n) is 13.2. The van der Waals surface area contributed by atoms with Gasteiger partial charge in [0.25, 0.3) is 0 Å². The van der Waals surface area contributed by atoms with Gasteiger partial charge in [-0.3, -0.25) is 24.0 Å². The topological polar surface area (TPSA) is 115 Å². The molecule has 12 heteroatoms. The molecular weight excluding hydrogens is 616 g/mol. The molecule has 242 valence electrons. The van der Waals surface area contributed by atoms with Crippen molar-refractivity contribution in [2.24, 2.45) is 28.6 Å². The summed E-state index contributed by atoms with van der Waals surface area (Å²) >= 11 is 4.12. The van der Waals surface area contributed by atoms with E-state index in [0.29, 0.717) is 17.7 Å². The molecule has 7 nitrogen and oxygen atoms in total. The molecule has 1 aromatic rings. The Balaban J connectivity index is 1.55. The van der Waals surface area contributed by atoms with E-state index >= 15 is 4.39 Å². The lowest BCUT2D eigenvalue weighted by molar-refractivity contribution is -0.225. The lowest BCUT2D eigenvalue weighted by atomic mass is 9.44. The molecule has 3 fully saturated rings. The SMILES string of the molecule is CCC(=O)O[C@]1(C(=O)S)[C@H](C)C[C@H]2[C@@H]3CCC4=CC(=O)C(C(=O)C(=O)c5ccc(C(F)(F)F)cc5)=C[C@]4(C)[C@@]3(F)[C@@H](O)C[C@@]21C. The van der Waals surface area contributed by atoms with Crippen LogP contribution in [0.2, 0.25) is 0 Å². The van der Waals surface area contributed by atoms with Gasteiger partial charge < -0.3 is 9.84 Å². The van der Waals surface area contributed by atoms with E-state index < -0.39 is 91.7 Å². The lowest BCUT2D eigenvalue weighted by Crippen LogP contribution is -2.69. The van der Waals surface area contributed by atoms with Gasteiger partial charge in [0, 0.05) is 34.7 Å². The van der Waals surface area contributed by atoms with Gasteiger partial charge in [-0.05, 0) is 56.7 Å². The third kappa shape index (κ3) is 4.52. The zero-order valence-electron chi connectivity index (χ0n) is 25.2. The predicted molar refractivity (Wildman–Crippen MR) is 156 cm³/mol. The van der Waals surface area contributed by atoms with Crippen LogP contribution in [0, 0.1) is 28.6 Å². The van der Waals surface area contributed by atoms with Crippen molar-refractivity contribution in [3.05, 3.63) is 58.7 Å². The van der Waals surface area contributed by atoms with Crippen molar-refractivity contribution in [3.8, 4) is 0 Å². The number of carbonyl (C=O) groups excluding carboxylic acids is 5. The number of fused-ring (bicyclic) bond motifs is 5. The first-order valence-electron chi connectivity index (χ1n) is 14.9. The number of ketones is 3. The molecule has 8 atom stereocenters. The number of carbonyl (C=O) groups is 5. The van der Waals surface area contributed by atoms with E-state index in [4.69, 9.17) is 4.74 Å². The van der Waals surface area contributed by atoms with Crippen LogP contribution >= 0.6 is 12.6 Å². The molecule has 1 aromatic carbocycles. The van der Waals surface area contributed by atoms with Crippen LogP contribution < -0.4 is 0 Å². The van der Waals surface area contributed by atoms with Gasteiger partial charge in [0.05, 0.1) is 17.2 Å². The molecule has 0 heterocycles. The summed E-state index contributed by atoms with van der Waals surface area (Å²) < 4.78 is 62.7. The van der Waals surface area contributed by atoms with Gasteiger partial charge >= 0.3 is 12.1 Å². The Bertz CT molecular complexity index is 1570. The fraction of sp³-hybridized carbons (Fsp3) is 0.545. The van der Waals surface area contributed by atoms with E-state index in [2.05, 4.69) is 12.6 Å². The van der Waals surface area contributed by atoms with E-state index in [9.17, 15) is 42.3 Å². The van der Waals surface area contributed by atoms with E-state index in [-0.39, 0.29) is 37.7 Å². The number of halogens is 4. The van der Waals surface area contributed by atoms with Crippen LogP contribution in [0.25, 0.3) is 0 Å². The summed E-state index contributed by atoms with van der Waals surface area (Å²) in [6, 6.07) is 2.95. The van der Waals surface area contributed by atoms with Gasteiger partial charge in [0.15, 0.2) is 17.1 Å². The Morgan fingerprint density at radius 2 is 1.69 bits per heavy atom. The molecular formula is C33H34F4O7S. The van der Waals surface area contributed by atoms with Gasteiger partial charge in [-0.25, -0.2) is 4.39 Å². The van der Waals surface area contributed by atoms with Gasteiger partial charge in [0.1, 0.15) is 0 Å². The van der Waals surface area contributed by atoms with E-state index in [1.54, 1.807) is 20.8 Å². The van der Waals surface area contributed by atoms with Crippen LogP contribution in [0.5, 0.6) is 0 Å². The number of hydrogen-bond acceptors (Lipinski definition) is 7. The standard InChI is InChI=1S/C33H34F4O7S/c1-5-25(40)44-32(28(43)45)16(2)12-22-21-11-10-19-13-23(38)20(14-29(19,3)31(21,34)24(39)15-30(22,32)4)27(42)26(41)17-6-8-18(9-7-17)33(35,36)37/h6-9,13-14,16,21-22,24,39H,5,10-12,15H2,1-4H3,(H,43,45)/t16-,21+,22+,24+,29+,30+,31+,32+/m1/s1. The minimum absolute atomic E-state index is 0.0116. The maximum Gasteiger partial charge on any atom is 0.416 e. The largest absolute Gasteiger partial charge is 0.449 e. The zero-order valence-corrected chi connectivity index (χ0v) is 26.1. The number of allylic oxidation sites excluding steroid dienone is 4. The van der Waals surface area contributed by atoms with Crippen molar-refractivity contribution in [3.63, 3.8) is 0 Å². The Morgan fingerprint density at radius 1 is 1.07 bits per heavy atom. The average Bonchev–Trinajstić information content (AvgIpc) is 3.19. The summed E-state index contributed by atoms with van der Waals surface area (Å²) in [5.41, 5.74) is -8.82. The first-order valence-corrected chi connectivity index (χ1v) is 15.3. The van der Waals surface area contributed by atoms with Gasteiger partial charge in [-0.2, -0.15) is 13.2 Å². The van der Waals surface area contributed by atoms with Crippen LogP contribution in [0.1, 0.15) is 75.7 Å². The highest BCUT2D eigenvalue weighted by Gasteiger charge is 2.77. The summed E-state index contributed by atoms with van der Waals surface area (Å²) in [5, 5.41) is 11.0. The van der Waals surface area contributed by atoms with E-state index in [1.807, 2.05) is 0 Å². The predicted octanol–water partition coefficient (Wildman–Crippen LogP) is 5.59. The van der Waals surface area contributed by atoms with Gasteiger partial charge in [-0.1, -0.05) is 44.6 Å². The summed E-state index contributed by atoms with van der Waals surface area (Å²) in [7, 11) is 0. The average molecular weight is 651 g/mol. The van der Waals surface area contributed by atoms with Crippen LogP contribution in [0.15, 0.2) is 47.6 Å². The van der Waals surface area contributed by atoms with Crippen molar-refractivity contribution >= 4 is 41.1 Å². The highest BCUT2D eigenvalue weighted by molar-refractivity contribution is 7.96. The summed E-state index contributed by atoms with van der Waals surface area (Å²) in [5.74, 6) is -6.05. The monoisotopic (exact) mass is 650 g/mol. The summed E-state index contributed by atoms with van der Waals surface area (Å²) in [4.78, 5) is 65.2. The molecule has 0 amide bonds. The molecule has 3 saturated carbocycles. The third-order valence-electron chi connectivity index (χ3n) is 11.1. The number of ether oxygens (including phenoxy) is 1. The molecule has 0 unspecified atom stereocenters. The van der Waals surface area contributed by atoms with Crippen molar-refractivity contribution in [2.75, 3.05) is 0 Å². The Kier molecular flexibility index (Phi) is 7.92. The number of rotatable bonds is 6. The van der Waals surface area contributed by atoms with Gasteiger partial charge in [-0.15, -0.1) is 12.6 Å². The molecule has 4 aliphatic rings. The molecule has 0 bridgehead atoms. The van der Waals surface area contributed by atoms with Crippen molar-refractivity contribution in [2.45, 2.75) is 83.3 Å². The van der Waals surface area contributed by atoms with Crippen LogP contribution in [0.3, 0.4) is 0 Å². The summed E-state index contributed by atoms with van der Waals surface area (Å²) in [6.07, 6.45) is -3.85. The number of Topliss-reactive ketones (excluding diaryl/α,β-unsaturated/α-hetero) is 2. The molecule has 0 spiro atoms. The fourth-order valence-electron chi connectivity index (χ4n) is 8.84. The molecule has 0 aliphatic heterocycles. The molecule has 0 radical (unpaired) electrons. The molecule has 5 rings (SSSR count). The van der Waals surface area contributed by atoms with Crippen molar-refractivity contribution < 1.29 is 51.4 Å². The second kappa shape index (κ2) is 10.7. The zero-order chi connectivity index (χ0) is 33.5. The Morgan fingerprint density at radius 3 is 2.24 bits per heavy atom. The van der Waals surface area contributed by atoms with E-state index in [0.717, 1.165) is 24.3 Å². The maximum absolute atomic E-state index is 17.9. The first-order chi connectivity index (χ1) is 20.8. The number of hydrogen-bond donors (Lipinski definition) is 2. The van der Waals surface area contributed by atoms with E-state index in [1.165, 1.54) is 6.92 Å². The quantitative estimate of drug-likeness (QED) is 0.103. The fourth-order valence-corrected chi connectivity index (χ4v) is 9.36. The number of esters is 1. The first kappa shape index (κ1) is 33.2. The number of aliphatic hydroxyl groups is 1. The summed E-state index contributed by atoms with van der Waals surface area (Å²) in [6.45, 7) is 6.46. The van der Waals surface area contributed by atoms with Crippen molar-refractivity contribution in [1.29, 1.82) is 0 Å². The molecule has 0 saturated heterocycles. The third-order valence-corrected chi connectivity index (χ3v) is 11.4. The van der Waals surface area contributed by atoms with Crippen LogP contribution in [0.4, 0.5) is 17.6 Å². The second-order valence-corrected chi connectivity index (χ2v) is 13.6. The molecule has 1 N–H and O–H groups in total. The highest BCUT2D eigenvalue weighted by Crippen LogP contribution is 2.71. The molecule has 45 heavy (non-hydrogen) atoms. The molecule has 4 aliphatic carbocycles. The number of thiol groups is 1. The minimum atomic E-state index is -4.66. The van der Waals surface area contributed by atoms with Gasteiger partial charge in [0.2, 0.25) is 16.7 Å². The number of aliphatic hydroxyl groups excluding tert-OH is 1. The number of benzene rings is 1. The van der Waals surface area contributed by atoms with Crippen LogP contribution in [-0.4, -0.2) is 50.9 Å². The van der Waals surface area contributed by atoms with Crippen molar-refractivity contribution in [1.82, 2.24) is 0 Å². The minimum Gasteiger partial charge on any atom is -0.449 e. The van der Waals surface area contributed by atoms with Crippen LogP contribution in [-0.2, 0) is 30.1 Å². The number of alkyl halides is 4. The Labute approximate surface area is 262 Å². The highest BCUT2D eigenvalue weighted by atomic mass is 32.1. The maximum atomic E-state index is 17.9. The molecule has 0 aromatic heterocycles. The normalized spacial score (nSPS) is 37.4. The Hall–Kier alpha value is -3.12.